The third kappa shape index (κ3) is 7.37. The van der Waals surface area contributed by atoms with Gasteiger partial charge in [0.2, 0.25) is 0 Å². The lowest BCUT2D eigenvalue weighted by atomic mass is 9.99. The Morgan fingerprint density at radius 2 is 1.96 bits per heavy atom. The highest BCUT2D eigenvalue weighted by Crippen LogP contribution is 2.15. The van der Waals surface area contributed by atoms with Crippen LogP contribution in [-0.4, -0.2) is 62.2 Å². The average Bonchev–Trinajstić information content (AvgIpc) is 2.70. The Kier molecular flexibility index (Phi) is 9.39. The van der Waals surface area contributed by atoms with Gasteiger partial charge < -0.3 is 20.4 Å². The molecule has 0 amide bonds. The largest absolute Gasteiger partial charge is 0.357 e. The monoisotopic (exact) mass is 374 g/mol. The minimum atomic E-state index is 0.731. The SMILES string of the molecule is CCN(CC)c1ccc(CNC(=NC)NCCCN2CCC(C)CC2)cn1. The molecule has 6 nitrogen and oxygen atoms in total. The summed E-state index contributed by atoms with van der Waals surface area (Å²) in [4.78, 5) is 13.7. The van der Waals surface area contributed by atoms with E-state index < -0.39 is 0 Å². The lowest BCUT2D eigenvalue weighted by Crippen LogP contribution is -2.39. The molecule has 0 aliphatic carbocycles. The molecule has 152 valence electrons. The summed E-state index contributed by atoms with van der Waals surface area (Å²) in [7, 11) is 1.82. The minimum Gasteiger partial charge on any atom is -0.357 e. The van der Waals surface area contributed by atoms with Crippen LogP contribution in [0.3, 0.4) is 0 Å². The number of rotatable bonds is 9. The molecule has 0 radical (unpaired) electrons. The molecule has 0 unspecified atom stereocenters. The molecule has 27 heavy (non-hydrogen) atoms. The fourth-order valence-electron chi connectivity index (χ4n) is 3.46. The van der Waals surface area contributed by atoms with E-state index in [2.05, 4.69) is 63.3 Å². The van der Waals surface area contributed by atoms with Crippen molar-refractivity contribution in [3.05, 3.63) is 23.9 Å². The first-order valence-corrected chi connectivity index (χ1v) is 10.5. The number of nitrogens with zero attached hydrogens (tertiary/aromatic N) is 4. The number of likely N-dealkylation sites (tertiary alicyclic amines) is 1. The van der Waals surface area contributed by atoms with Crippen molar-refractivity contribution in [1.29, 1.82) is 0 Å². The van der Waals surface area contributed by atoms with Gasteiger partial charge in [-0.05, 0) is 70.3 Å². The molecule has 0 spiro atoms. The van der Waals surface area contributed by atoms with E-state index in [1.807, 2.05) is 13.2 Å². The maximum atomic E-state index is 4.58. The quantitative estimate of drug-likeness (QED) is 0.395. The van der Waals surface area contributed by atoms with E-state index in [-0.39, 0.29) is 0 Å². The standard InChI is InChI=1S/C21H38N6/c1-5-27(6-2)20-9-8-19(16-24-20)17-25-21(22-4)23-12-7-13-26-14-10-18(3)11-15-26/h8-9,16,18H,5-7,10-15,17H2,1-4H3,(H2,22,23,25). The van der Waals surface area contributed by atoms with Gasteiger partial charge in [-0.3, -0.25) is 4.99 Å². The van der Waals surface area contributed by atoms with Crippen LogP contribution in [0.25, 0.3) is 0 Å². The van der Waals surface area contributed by atoms with Crippen molar-refractivity contribution >= 4 is 11.8 Å². The maximum absolute atomic E-state index is 4.58. The molecule has 0 aromatic carbocycles. The lowest BCUT2D eigenvalue weighted by Gasteiger charge is -2.30. The third-order valence-corrected chi connectivity index (χ3v) is 5.40. The van der Waals surface area contributed by atoms with Crippen molar-refractivity contribution in [2.24, 2.45) is 10.9 Å². The Morgan fingerprint density at radius 3 is 2.56 bits per heavy atom. The molecule has 0 bridgehead atoms. The summed E-state index contributed by atoms with van der Waals surface area (Å²) >= 11 is 0. The number of pyridine rings is 1. The summed E-state index contributed by atoms with van der Waals surface area (Å²) < 4.78 is 0. The van der Waals surface area contributed by atoms with Gasteiger partial charge in [0, 0.05) is 39.4 Å². The zero-order valence-electron chi connectivity index (χ0n) is 17.7. The molecular formula is C21H38N6. The summed E-state index contributed by atoms with van der Waals surface area (Å²) in [6.45, 7) is 14.0. The average molecular weight is 375 g/mol. The topological polar surface area (TPSA) is 55.8 Å². The predicted octanol–water partition coefficient (Wildman–Crippen LogP) is 2.71. The van der Waals surface area contributed by atoms with Crippen molar-refractivity contribution in [2.45, 2.75) is 46.6 Å². The Labute approximate surface area is 165 Å². The molecule has 1 aliphatic heterocycles. The van der Waals surface area contributed by atoms with Gasteiger partial charge >= 0.3 is 0 Å². The van der Waals surface area contributed by atoms with Crippen molar-refractivity contribution in [1.82, 2.24) is 20.5 Å². The number of aliphatic imine (C=N–C) groups is 1. The van der Waals surface area contributed by atoms with Crippen molar-refractivity contribution < 1.29 is 0 Å². The highest BCUT2D eigenvalue weighted by atomic mass is 15.2. The van der Waals surface area contributed by atoms with E-state index in [0.717, 1.165) is 55.9 Å². The van der Waals surface area contributed by atoms with Crippen LogP contribution in [0.15, 0.2) is 23.3 Å². The van der Waals surface area contributed by atoms with Crippen LogP contribution in [-0.2, 0) is 6.54 Å². The van der Waals surface area contributed by atoms with E-state index in [0.29, 0.717) is 0 Å². The van der Waals surface area contributed by atoms with Crippen LogP contribution in [0, 0.1) is 5.92 Å². The van der Waals surface area contributed by atoms with E-state index in [9.17, 15) is 0 Å². The first-order valence-electron chi connectivity index (χ1n) is 10.5. The van der Waals surface area contributed by atoms with Gasteiger partial charge in [0.25, 0.3) is 0 Å². The van der Waals surface area contributed by atoms with Gasteiger partial charge in [0.1, 0.15) is 5.82 Å². The molecule has 2 N–H and O–H groups in total. The maximum Gasteiger partial charge on any atom is 0.191 e. The molecule has 2 rings (SSSR count). The highest BCUT2D eigenvalue weighted by molar-refractivity contribution is 5.79. The second-order valence-electron chi connectivity index (χ2n) is 7.43. The normalized spacial score (nSPS) is 16.4. The van der Waals surface area contributed by atoms with Crippen LogP contribution in [0.2, 0.25) is 0 Å². The Bertz CT molecular complexity index is 544. The number of nitrogens with one attached hydrogen (secondary N) is 2. The number of hydrogen-bond acceptors (Lipinski definition) is 4. The van der Waals surface area contributed by atoms with Crippen LogP contribution >= 0.6 is 0 Å². The van der Waals surface area contributed by atoms with E-state index in [1.165, 1.54) is 32.5 Å². The Hall–Kier alpha value is -1.82. The summed E-state index contributed by atoms with van der Waals surface area (Å²) in [5.74, 6) is 2.80. The first kappa shape index (κ1) is 21.5. The van der Waals surface area contributed by atoms with Gasteiger partial charge in [-0.15, -0.1) is 0 Å². The number of piperidine rings is 1. The van der Waals surface area contributed by atoms with Gasteiger partial charge in [0.15, 0.2) is 5.96 Å². The number of hydrogen-bond donors (Lipinski definition) is 2. The zero-order valence-corrected chi connectivity index (χ0v) is 17.7. The second-order valence-corrected chi connectivity index (χ2v) is 7.43. The minimum absolute atomic E-state index is 0.731. The first-order chi connectivity index (χ1) is 13.2. The van der Waals surface area contributed by atoms with Gasteiger partial charge in [-0.2, -0.15) is 0 Å². The van der Waals surface area contributed by atoms with Gasteiger partial charge in [0.05, 0.1) is 0 Å². The van der Waals surface area contributed by atoms with Crippen molar-refractivity contribution in [2.75, 3.05) is 51.2 Å². The van der Waals surface area contributed by atoms with Crippen LogP contribution < -0.4 is 15.5 Å². The van der Waals surface area contributed by atoms with Crippen LogP contribution in [0.5, 0.6) is 0 Å². The second kappa shape index (κ2) is 11.8. The number of anilines is 1. The fraction of sp³-hybridized carbons (Fsp3) is 0.714. The number of aromatic nitrogens is 1. The molecule has 1 saturated heterocycles. The molecule has 0 saturated carbocycles. The molecule has 1 fully saturated rings. The van der Waals surface area contributed by atoms with E-state index in [1.54, 1.807) is 0 Å². The zero-order chi connectivity index (χ0) is 19.5. The van der Waals surface area contributed by atoms with Crippen LogP contribution in [0.4, 0.5) is 5.82 Å². The smallest absolute Gasteiger partial charge is 0.191 e. The molecule has 1 aromatic rings. The highest BCUT2D eigenvalue weighted by Gasteiger charge is 2.14. The molecule has 0 atom stereocenters. The molecule has 2 heterocycles. The molecule has 6 heteroatoms. The molecule has 1 aliphatic rings. The third-order valence-electron chi connectivity index (χ3n) is 5.40. The number of guanidine groups is 1. The lowest BCUT2D eigenvalue weighted by molar-refractivity contribution is 0.191. The van der Waals surface area contributed by atoms with E-state index >= 15 is 0 Å². The predicted molar refractivity (Wildman–Crippen MR) is 115 cm³/mol. The summed E-state index contributed by atoms with van der Waals surface area (Å²) in [6, 6.07) is 4.23. The van der Waals surface area contributed by atoms with Gasteiger partial charge in [-0.25, -0.2) is 4.98 Å². The van der Waals surface area contributed by atoms with Crippen LogP contribution in [0.1, 0.15) is 45.6 Å². The van der Waals surface area contributed by atoms with Crippen molar-refractivity contribution in [3.63, 3.8) is 0 Å². The Morgan fingerprint density at radius 1 is 1.22 bits per heavy atom. The van der Waals surface area contributed by atoms with Crippen molar-refractivity contribution in [3.8, 4) is 0 Å². The molecular weight excluding hydrogens is 336 g/mol. The summed E-state index contributed by atoms with van der Waals surface area (Å²) in [5, 5.41) is 6.80. The molecule has 1 aromatic heterocycles. The Balaban J connectivity index is 1.66. The van der Waals surface area contributed by atoms with Gasteiger partial charge in [-0.1, -0.05) is 13.0 Å². The van der Waals surface area contributed by atoms with E-state index in [4.69, 9.17) is 0 Å². The fourth-order valence-corrected chi connectivity index (χ4v) is 3.46. The summed E-state index contributed by atoms with van der Waals surface area (Å²) in [6.07, 6.45) is 5.79. The summed E-state index contributed by atoms with van der Waals surface area (Å²) in [5.41, 5.74) is 1.16.